The molecule has 4 heteroatoms. The van der Waals surface area contributed by atoms with Crippen LogP contribution in [0.3, 0.4) is 0 Å². The quantitative estimate of drug-likeness (QED) is 0.764. The molecule has 2 aromatic heterocycles. The van der Waals surface area contributed by atoms with Crippen LogP contribution >= 0.6 is 11.3 Å². The Bertz CT molecular complexity index is 394. The van der Waals surface area contributed by atoms with Gasteiger partial charge in [0.05, 0.1) is 0 Å². The molecule has 0 aliphatic carbocycles. The number of thiophene rings is 1. The number of hydrogen-bond donors (Lipinski definition) is 1. The molecule has 0 bridgehead atoms. The second-order valence-electron chi connectivity index (χ2n) is 4.05. The van der Waals surface area contributed by atoms with E-state index in [1.165, 1.54) is 4.88 Å². The van der Waals surface area contributed by atoms with E-state index in [0.29, 0.717) is 6.04 Å². The molecule has 0 fully saturated rings. The number of nitrogens with zero attached hydrogens (tertiary/aromatic N) is 2. The summed E-state index contributed by atoms with van der Waals surface area (Å²) in [5, 5.41) is 9.94. The minimum Gasteiger partial charge on any atom is -0.309 e. The lowest BCUT2D eigenvalue weighted by Crippen LogP contribution is -2.22. The van der Waals surface area contributed by atoms with Crippen molar-refractivity contribution in [1.29, 1.82) is 0 Å². The van der Waals surface area contributed by atoms with E-state index >= 15 is 0 Å². The van der Waals surface area contributed by atoms with Gasteiger partial charge in [0, 0.05) is 29.9 Å². The summed E-state index contributed by atoms with van der Waals surface area (Å²) in [6, 6.07) is 6.80. The Morgan fingerprint density at radius 3 is 3.06 bits per heavy atom. The van der Waals surface area contributed by atoms with E-state index < -0.39 is 0 Å². The van der Waals surface area contributed by atoms with Crippen LogP contribution in [0.5, 0.6) is 0 Å². The summed E-state index contributed by atoms with van der Waals surface area (Å²) in [5.41, 5.74) is 0. The van der Waals surface area contributed by atoms with Crippen molar-refractivity contribution in [2.45, 2.75) is 32.4 Å². The van der Waals surface area contributed by atoms with Gasteiger partial charge in [-0.05, 0) is 36.9 Å². The predicted molar refractivity (Wildman–Crippen MR) is 72.2 cm³/mol. The van der Waals surface area contributed by atoms with Crippen LogP contribution in [0.1, 0.15) is 30.7 Å². The maximum Gasteiger partial charge on any atom is 0.0489 e. The minimum absolute atomic E-state index is 0.507. The van der Waals surface area contributed by atoms with Crippen molar-refractivity contribution in [1.82, 2.24) is 15.1 Å². The summed E-state index contributed by atoms with van der Waals surface area (Å²) in [6.07, 6.45) is 6.09. The molecule has 0 spiro atoms. The molecule has 2 heterocycles. The number of aryl methyl sites for hydroxylation is 1. The molecule has 0 aliphatic heterocycles. The molecule has 0 aromatic carbocycles. The highest BCUT2D eigenvalue weighted by Crippen LogP contribution is 2.21. The standard InChI is InChI=1S/C13H19N3S/c1-2-12(13-6-3-11-17-13)14-7-4-9-16-10-5-8-15-16/h3,5-6,8,10-12,14H,2,4,7,9H2,1H3. The summed E-state index contributed by atoms with van der Waals surface area (Å²) >= 11 is 1.83. The molecule has 0 amide bonds. The van der Waals surface area contributed by atoms with Crippen LogP contribution in [-0.2, 0) is 6.54 Å². The number of nitrogens with one attached hydrogen (secondary N) is 1. The molecular weight excluding hydrogens is 230 g/mol. The Hall–Kier alpha value is -1.13. The van der Waals surface area contributed by atoms with Crippen LogP contribution in [0.25, 0.3) is 0 Å². The Balaban J connectivity index is 1.70. The van der Waals surface area contributed by atoms with E-state index in [4.69, 9.17) is 0 Å². The van der Waals surface area contributed by atoms with E-state index in [0.717, 1.165) is 25.9 Å². The largest absolute Gasteiger partial charge is 0.309 e. The summed E-state index contributed by atoms with van der Waals surface area (Å²) in [4.78, 5) is 1.44. The fourth-order valence-corrected chi connectivity index (χ4v) is 2.77. The average Bonchev–Trinajstić information content (AvgIpc) is 3.01. The molecular formula is C13H19N3S. The van der Waals surface area contributed by atoms with Gasteiger partial charge in [0.15, 0.2) is 0 Å². The summed E-state index contributed by atoms with van der Waals surface area (Å²) in [6.45, 7) is 4.25. The van der Waals surface area contributed by atoms with Crippen LogP contribution in [-0.4, -0.2) is 16.3 Å². The highest BCUT2D eigenvalue weighted by atomic mass is 32.1. The molecule has 0 saturated carbocycles. The first-order chi connectivity index (χ1) is 8.40. The van der Waals surface area contributed by atoms with E-state index in [1.54, 1.807) is 0 Å². The third-order valence-corrected chi connectivity index (χ3v) is 3.79. The smallest absolute Gasteiger partial charge is 0.0489 e. The first kappa shape index (κ1) is 12.3. The zero-order valence-corrected chi connectivity index (χ0v) is 11.0. The first-order valence-electron chi connectivity index (χ1n) is 6.14. The van der Waals surface area contributed by atoms with Gasteiger partial charge in [-0.25, -0.2) is 0 Å². The summed E-state index contributed by atoms with van der Waals surface area (Å²) in [7, 11) is 0. The Morgan fingerprint density at radius 2 is 2.41 bits per heavy atom. The SMILES string of the molecule is CCC(NCCCn1cccn1)c1cccs1. The van der Waals surface area contributed by atoms with Gasteiger partial charge in [-0.2, -0.15) is 5.10 Å². The van der Waals surface area contributed by atoms with Crippen molar-refractivity contribution in [3.8, 4) is 0 Å². The van der Waals surface area contributed by atoms with Gasteiger partial charge in [0.25, 0.3) is 0 Å². The van der Waals surface area contributed by atoms with Gasteiger partial charge in [0.2, 0.25) is 0 Å². The van der Waals surface area contributed by atoms with Crippen molar-refractivity contribution in [2.24, 2.45) is 0 Å². The highest BCUT2D eigenvalue weighted by Gasteiger charge is 2.08. The third-order valence-electron chi connectivity index (χ3n) is 2.81. The second-order valence-corrected chi connectivity index (χ2v) is 5.03. The van der Waals surface area contributed by atoms with E-state index in [9.17, 15) is 0 Å². The Kier molecular flexibility index (Phi) is 4.76. The normalized spacial score (nSPS) is 12.8. The summed E-state index contributed by atoms with van der Waals surface area (Å²) < 4.78 is 1.98. The van der Waals surface area contributed by atoms with Crippen molar-refractivity contribution in [3.63, 3.8) is 0 Å². The van der Waals surface area contributed by atoms with Crippen molar-refractivity contribution in [2.75, 3.05) is 6.54 Å². The Morgan fingerprint density at radius 1 is 1.47 bits per heavy atom. The fourth-order valence-electron chi connectivity index (χ4n) is 1.89. The molecule has 1 N–H and O–H groups in total. The van der Waals surface area contributed by atoms with Crippen LogP contribution < -0.4 is 5.32 Å². The molecule has 1 atom stereocenters. The molecule has 92 valence electrons. The molecule has 2 rings (SSSR count). The average molecular weight is 249 g/mol. The molecule has 1 unspecified atom stereocenters. The molecule has 2 aromatic rings. The predicted octanol–water partition coefficient (Wildman–Crippen LogP) is 3.08. The maximum atomic E-state index is 4.19. The van der Waals surface area contributed by atoms with E-state index in [-0.39, 0.29) is 0 Å². The summed E-state index contributed by atoms with van der Waals surface area (Å²) in [5.74, 6) is 0. The molecule has 17 heavy (non-hydrogen) atoms. The fraction of sp³-hybridized carbons (Fsp3) is 0.462. The van der Waals surface area contributed by atoms with E-state index in [2.05, 4.69) is 34.9 Å². The topological polar surface area (TPSA) is 29.9 Å². The van der Waals surface area contributed by atoms with Crippen molar-refractivity contribution < 1.29 is 0 Å². The van der Waals surface area contributed by atoms with Crippen molar-refractivity contribution in [3.05, 3.63) is 40.8 Å². The molecule has 0 radical (unpaired) electrons. The number of rotatable bonds is 7. The molecule has 3 nitrogen and oxygen atoms in total. The lowest BCUT2D eigenvalue weighted by atomic mass is 10.2. The van der Waals surface area contributed by atoms with Gasteiger partial charge in [0.1, 0.15) is 0 Å². The lowest BCUT2D eigenvalue weighted by Gasteiger charge is -2.15. The zero-order chi connectivity index (χ0) is 11.9. The van der Waals surface area contributed by atoms with Gasteiger partial charge < -0.3 is 5.32 Å². The first-order valence-corrected chi connectivity index (χ1v) is 7.02. The van der Waals surface area contributed by atoms with Crippen LogP contribution in [0.2, 0.25) is 0 Å². The number of hydrogen-bond acceptors (Lipinski definition) is 3. The number of aromatic nitrogens is 2. The minimum atomic E-state index is 0.507. The van der Waals surface area contributed by atoms with Gasteiger partial charge >= 0.3 is 0 Å². The monoisotopic (exact) mass is 249 g/mol. The van der Waals surface area contributed by atoms with Crippen LogP contribution in [0, 0.1) is 0 Å². The Labute approximate surface area is 106 Å². The molecule has 0 saturated heterocycles. The van der Waals surface area contributed by atoms with Crippen molar-refractivity contribution >= 4 is 11.3 Å². The zero-order valence-electron chi connectivity index (χ0n) is 10.2. The van der Waals surface area contributed by atoms with Gasteiger partial charge in [-0.1, -0.05) is 13.0 Å². The third kappa shape index (κ3) is 3.68. The maximum absolute atomic E-state index is 4.19. The van der Waals surface area contributed by atoms with Gasteiger partial charge in [-0.3, -0.25) is 4.68 Å². The van der Waals surface area contributed by atoms with E-state index in [1.807, 2.05) is 34.5 Å². The molecule has 0 aliphatic rings. The lowest BCUT2D eigenvalue weighted by molar-refractivity contribution is 0.484. The van der Waals surface area contributed by atoms with Gasteiger partial charge in [-0.15, -0.1) is 11.3 Å². The second kappa shape index (κ2) is 6.57. The van der Waals surface area contributed by atoms with Crippen LogP contribution in [0.4, 0.5) is 0 Å². The highest BCUT2D eigenvalue weighted by molar-refractivity contribution is 7.10. The van der Waals surface area contributed by atoms with Crippen LogP contribution in [0.15, 0.2) is 36.0 Å².